The first kappa shape index (κ1) is 23.3. The van der Waals surface area contributed by atoms with Crippen molar-refractivity contribution in [3.05, 3.63) is 71.4 Å². The first-order valence-corrected chi connectivity index (χ1v) is 10.4. The number of benzene rings is 2. The molecule has 0 saturated heterocycles. The zero-order chi connectivity index (χ0) is 22.9. The molecule has 2 N–H and O–H groups in total. The van der Waals surface area contributed by atoms with Crippen molar-refractivity contribution in [3.8, 4) is 5.75 Å². The van der Waals surface area contributed by atoms with E-state index in [1.54, 1.807) is 56.8 Å². The Kier molecular flexibility index (Phi) is 8.24. The largest absolute Gasteiger partial charge is 0.497 e. The molecule has 0 aliphatic carbocycles. The van der Waals surface area contributed by atoms with Gasteiger partial charge in [-0.2, -0.15) is 4.98 Å². The van der Waals surface area contributed by atoms with Crippen LogP contribution in [0.25, 0.3) is 0 Å². The molecule has 3 rings (SSSR count). The molecule has 0 bridgehead atoms. The lowest BCUT2D eigenvalue weighted by Gasteiger charge is -2.23. The fraction of sp³-hybridized carbons (Fsp3) is 0.261. The van der Waals surface area contributed by atoms with Gasteiger partial charge in [0.1, 0.15) is 11.6 Å². The fourth-order valence-corrected chi connectivity index (χ4v) is 3.26. The first-order chi connectivity index (χ1) is 15.5. The lowest BCUT2D eigenvalue weighted by Crippen LogP contribution is -2.37. The van der Waals surface area contributed by atoms with Gasteiger partial charge in [-0.05, 0) is 48.9 Å². The van der Waals surface area contributed by atoms with Crippen LogP contribution in [0.1, 0.15) is 12.5 Å². The van der Waals surface area contributed by atoms with Gasteiger partial charge in [0, 0.05) is 37.0 Å². The predicted octanol–water partition coefficient (Wildman–Crippen LogP) is 4.63. The molecule has 0 radical (unpaired) electrons. The van der Waals surface area contributed by atoms with Gasteiger partial charge in [0.05, 0.1) is 19.4 Å². The van der Waals surface area contributed by atoms with E-state index in [9.17, 15) is 4.79 Å². The summed E-state index contributed by atoms with van der Waals surface area (Å²) < 4.78 is 10.4. The third-order valence-corrected chi connectivity index (χ3v) is 4.76. The summed E-state index contributed by atoms with van der Waals surface area (Å²) in [6, 6.07) is 15.8. The van der Waals surface area contributed by atoms with Crippen LogP contribution in [0.15, 0.2) is 60.8 Å². The number of rotatable bonds is 9. The van der Waals surface area contributed by atoms with Crippen LogP contribution in [0, 0.1) is 0 Å². The van der Waals surface area contributed by atoms with E-state index < -0.39 is 0 Å². The second kappa shape index (κ2) is 11.3. The van der Waals surface area contributed by atoms with Gasteiger partial charge < -0.3 is 20.1 Å². The number of amides is 2. The predicted molar refractivity (Wildman–Crippen MR) is 126 cm³/mol. The molecule has 3 aromatic rings. The molecule has 1 heterocycles. The Bertz CT molecular complexity index is 1030. The van der Waals surface area contributed by atoms with E-state index in [-0.39, 0.29) is 12.1 Å². The number of hydrogen-bond donors (Lipinski definition) is 2. The maximum Gasteiger partial charge on any atom is 0.327 e. The van der Waals surface area contributed by atoms with Crippen LogP contribution in [0.3, 0.4) is 0 Å². The second-order valence-corrected chi connectivity index (χ2v) is 7.50. The number of ether oxygens (including phenoxy) is 2. The van der Waals surface area contributed by atoms with Gasteiger partial charge in [0.25, 0.3) is 0 Å². The van der Waals surface area contributed by atoms with E-state index >= 15 is 0 Å². The Morgan fingerprint density at radius 1 is 1.16 bits per heavy atom. The zero-order valence-corrected chi connectivity index (χ0v) is 19.0. The van der Waals surface area contributed by atoms with Crippen LogP contribution < -0.4 is 20.3 Å². The van der Waals surface area contributed by atoms with Gasteiger partial charge in [0.2, 0.25) is 5.95 Å². The highest BCUT2D eigenvalue weighted by atomic mass is 35.5. The molecular formula is C23H26ClN5O3. The molecule has 0 saturated carbocycles. The zero-order valence-electron chi connectivity index (χ0n) is 18.2. The third-order valence-electron chi connectivity index (χ3n) is 4.53. The summed E-state index contributed by atoms with van der Waals surface area (Å²) in [5.74, 6) is 1.50. The minimum absolute atomic E-state index is 0.00124. The smallest absolute Gasteiger partial charge is 0.327 e. The average molecular weight is 456 g/mol. The number of hydrogen-bond acceptors (Lipinski definition) is 6. The van der Waals surface area contributed by atoms with Gasteiger partial charge in [0.15, 0.2) is 0 Å². The van der Waals surface area contributed by atoms with Gasteiger partial charge in [-0.1, -0.05) is 23.7 Å². The molecule has 2 amide bonds. The summed E-state index contributed by atoms with van der Waals surface area (Å²) in [6.07, 6.45) is 1.60. The molecular weight excluding hydrogens is 430 g/mol. The molecule has 32 heavy (non-hydrogen) atoms. The number of methoxy groups -OCH3 is 2. The normalized spacial score (nSPS) is 11.5. The van der Waals surface area contributed by atoms with Crippen molar-refractivity contribution < 1.29 is 14.3 Å². The molecule has 0 spiro atoms. The SMILES string of the molecule is COC[C@H](C)Nc1nccc(N(C(=O)NCc2cccc(Cl)c2)c2ccc(OC)cc2)n1. The quantitative estimate of drug-likeness (QED) is 0.489. The van der Waals surface area contributed by atoms with Crippen LogP contribution in [-0.2, 0) is 11.3 Å². The van der Waals surface area contributed by atoms with Gasteiger partial charge in [-0.3, -0.25) is 0 Å². The van der Waals surface area contributed by atoms with E-state index in [0.29, 0.717) is 41.4 Å². The summed E-state index contributed by atoms with van der Waals surface area (Å²) in [5, 5.41) is 6.71. The van der Waals surface area contributed by atoms with Crippen molar-refractivity contribution >= 4 is 35.1 Å². The number of carbonyl (C=O) groups is 1. The molecule has 0 unspecified atom stereocenters. The molecule has 9 heteroatoms. The number of urea groups is 1. The number of aromatic nitrogens is 2. The summed E-state index contributed by atoms with van der Waals surface area (Å²) in [5.41, 5.74) is 1.52. The van der Waals surface area contributed by atoms with E-state index in [0.717, 1.165) is 5.56 Å². The Morgan fingerprint density at radius 3 is 2.62 bits per heavy atom. The number of halogens is 1. The summed E-state index contributed by atoms with van der Waals surface area (Å²) in [4.78, 5) is 23.5. The van der Waals surface area contributed by atoms with Crippen LogP contribution in [-0.4, -0.2) is 42.9 Å². The van der Waals surface area contributed by atoms with Crippen molar-refractivity contribution in [3.63, 3.8) is 0 Å². The topological polar surface area (TPSA) is 88.6 Å². The van der Waals surface area contributed by atoms with E-state index in [1.165, 1.54) is 4.90 Å². The molecule has 0 fully saturated rings. The molecule has 1 aromatic heterocycles. The maximum absolute atomic E-state index is 13.2. The first-order valence-electron chi connectivity index (χ1n) is 10.0. The van der Waals surface area contributed by atoms with Crippen LogP contribution in [0.2, 0.25) is 5.02 Å². The molecule has 2 aromatic carbocycles. The standard InChI is InChI=1S/C23H26ClN5O3/c1-16(15-31-2)27-22-25-12-11-21(28-22)29(19-7-9-20(32-3)10-8-19)23(30)26-14-17-5-4-6-18(24)13-17/h4-13,16H,14-15H2,1-3H3,(H,26,30)(H,25,27,28)/t16-/m0/s1. The minimum Gasteiger partial charge on any atom is -0.497 e. The Morgan fingerprint density at radius 2 is 1.94 bits per heavy atom. The van der Waals surface area contributed by atoms with E-state index in [2.05, 4.69) is 20.6 Å². The molecule has 0 aliphatic heterocycles. The van der Waals surface area contributed by atoms with Gasteiger partial charge in [-0.25, -0.2) is 14.7 Å². The monoisotopic (exact) mass is 455 g/mol. The van der Waals surface area contributed by atoms with Crippen molar-refractivity contribution in [1.82, 2.24) is 15.3 Å². The van der Waals surface area contributed by atoms with Crippen molar-refractivity contribution in [2.75, 3.05) is 31.0 Å². The van der Waals surface area contributed by atoms with Gasteiger partial charge >= 0.3 is 6.03 Å². The van der Waals surface area contributed by atoms with E-state index in [1.807, 2.05) is 25.1 Å². The Hall–Kier alpha value is -3.36. The molecule has 8 nitrogen and oxygen atoms in total. The highest BCUT2D eigenvalue weighted by molar-refractivity contribution is 6.30. The fourth-order valence-electron chi connectivity index (χ4n) is 3.04. The van der Waals surface area contributed by atoms with Crippen LogP contribution in [0.5, 0.6) is 5.75 Å². The van der Waals surface area contributed by atoms with Gasteiger partial charge in [-0.15, -0.1) is 0 Å². The highest BCUT2D eigenvalue weighted by Gasteiger charge is 2.20. The third kappa shape index (κ3) is 6.32. The summed E-state index contributed by atoms with van der Waals surface area (Å²) >= 11 is 6.06. The summed E-state index contributed by atoms with van der Waals surface area (Å²) in [6.45, 7) is 2.77. The Balaban J connectivity index is 1.87. The minimum atomic E-state index is -0.343. The highest BCUT2D eigenvalue weighted by Crippen LogP contribution is 2.26. The maximum atomic E-state index is 13.2. The molecule has 0 aliphatic rings. The Labute approximate surface area is 192 Å². The number of nitrogens with zero attached hydrogens (tertiary/aromatic N) is 3. The van der Waals surface area contributed by atoms with E-state index in [4.69, 9.17) is 21.1 Å². The van der Waals surface area contributed by atoms with Crippen LogP contribution in [0.4, 0.5) is 22.2 Å². The van der Waals surface area contributed by atoms with Crippen molar-refractivity contribution in [2.45, 2.75) is 19.5 Å². The summed E-state index contributed by atoms with van der Waals surface area (Å²) in [7, 11) is 3.22. The second-order valence-electron chi connectivity index (χ2n) is 7.06. The lowest BCUT2D eigenvalue weighted by molar-refractivity contribution is 0.190. The van der Waals surface area contributed by atoms with Crippen molar-refractivity contribution in [1.29, 1.82) is 0 Å². The number of anilines is 3. The van der Waals surface area contributed by atoms with Crippen LogP contribution >= 0.6 is 11.6 Å². The number of nitrogens with one attached hydrogen (secondary N) is 2. The number of carbonyl (C=O) groups excluding carboxylic acids is 1. The lowest BCUT2D eigenvalue weighted by atomic mass is 10.2. The van der Waals surface area contributed by atoms with Crippen molar-refractivity contribution in [2.24, 2.45) is 0 Å². The average Bonchev–Trinajstić information content (AvgIpc) is 2.79. The molecule has 1 atom stereocenters. The molecule has 168 valence electrons.